The molecule has 0 aliphatic heterocycles. The molecule has 0 aliphatic rings. The van der Waals surface area contributed by atoms with Gasteiger partial charge in [0, 0.05) is 12.8 Å². The zero-order chi connectivity index (χ0) is 51.3. The SMILES string of the molecule is CC/C=C\C/C=C\C/C=C\C/C=C\C/C=C\C/C=C\C/C=C\CCCCCCCCCCCCCCCCCC(=O)OC(COC(=O)CCCCCCCCCC)COC(OCC[N+](C)(C)C)C(=O)O. The van der Waals surface area contributed by atoms with E-state index in [0.717, 1.165) is 83.5 Å². The van der Waals surface area contributed by atoms with E-state index in [1.165, 1.54) is 116 Å². The summed E-state index contributed by atoms with van der Waals surface area (Å²) in [7, 11) is 5.96. The summed E-state index contributed by atoms with van der Waals surface area (Å²) < 4.78 is 22.7. The first kappa shape index (κ1) is 66.5. The van der Waals surface area contributed by atoms with E-state index >= 15 is 0 Å². The Hall–Kier alpha value is -3.53. The molecule has 0 bridgehead atoms. The second-order valence-electron chi connectivity index (χ2n) is 19.9. The fourth-order valence-electron chi connectivity index (χ4n) is 7.58. The number of unbranched alkanes of at least 4 members (excludes halogenated alkanes) is 22. The molecule has 0 fully saturated rings. The topological polar surface area (TPSA) is 108 Å². The molecule has 70 heavy (non-hydrogen) atoms. The van der Waals surface area contributed by atoms with Crippen LogP contribution in [0.25, 0.3) is 0 Å². The first-order valence-corrected chi connectivity index (χ1v) is 28.3. The molecule has 0 saturated heterocycles. The molecule has 402 valence electrons. The standard InChI is InChI=1S/C61H105NO8/c1-6-8-10-12-14-16-17-18-19-20-21-22-23-24-25-26-27-28-29-30-31-32-33-34-35-36-37-38-39-40-41-42-43-44-46-48-50-52-59(64)70-57(56-69-61(60(65)66)67-54-53-62(3,4)5)55-68-58(63)51-49-47-45-15-13-11-9-7-2/h8,10,14,16,18-19,21-22,24-25,27-28,30-31,57,61H,6-7,9,11-13,15,17,20,23,26,29,32-56H2,1-5H3/p+1/b10-8-,16-14-,19-18-,22-21-,25-24-,28-27-,31-30-. The van der Waals surface area contributed by atoms with E-state index in [1.54, 1.807) is 0 Å². The molecular formula is C61H106NO8+. The third-order valence-electron chi connectivity index (χ3n) is 11.9. The van der Waals surface area contributed by atoms with Gasteiger partial charge in [0.25, 0.3) is 6.29 Å². The Morgan fingerprint density at radius 1 is 0.443 bits per heavy atom. The summed E-state index contributed by atoms with van der Waals surface area (Å²) in [6, 6.07) is 0. The van der Waals surface area contributed by atoms with Gasteiger partial charge in [0.05, 0.1) is 34.4 Å². The number of carboxylic acid groups (broad SMARTS) is 1. The lowest BCUT2D eigenvalue weighted by Crippen LogP contribution is -2.40. The van der Waals surface area contributed by atoms with Gasteiger partial charge in [-0.15, -0.1) is 0 Å². The minimum absolute atomic E-state index is 0.182. The molecule has 2 atom stereocenters. The van der Waals surface area contributed by atoms with Gasteiger partial charge in [0.1, 0.15) is 13.2 Å². The van der Waals surface area contributed by atoms with Crippen LogP contribution in [0.1, 0.15) is 226 Å². The van der Waals surface area contributed by atoms with E-state index in [-0.39, 0.29) is 32.2 Å². The zero-order valence-electron chi connectivity index (χ0n) is 45.7. The highest BCUT2D eigenvalue weighted by atomic mass is 16.7. The van der Waals surface area contributed by atoms with Crippen LogP contribution in [-0.4, -0.2) is 87.4 Å². The second-order valence-corrected chi connectivity index (χ2v) is 19.9. The Bertz CT molecular complexity index is 1420. The Balaban J connectivity index is 4.00. The number of carbonyl (C=O) groups is 3. The average Bonchev–Trinajstić information content (AvgIpc) is 3.33. The van der Waals surface area contributed by atoms with Crippen LogP contribution in [0.4, 0.5) is 0 Å². The summed E-state index contributed by atoms with van der Waals surface area (Å²) in [5.41, 5.74) is 0. The molecule has 0 amide bonds. The third kappa shape index (κ3) is 52.3. The van der Waals surface area contributed by atoms with Crippen molar-refractivity contribution in [3.63, 3.8) is 0 Å². The van der Waals surface area contributed by atoms with Crippen LogP contribution in [0.3, 0.4) is 0 Å². The highest BCUT2D eigenvalue weighted by Crippen LogP contribution is 2.16. The van der Waals surface area contributed by atoms with Gasteiger partial charge in [-0.1, -0.05) is 227 Å². The molecule has 1 N–H and O–H groups in total. The maximum atomic E-state index is 12.8. The smallest absolute Gasteiger partial charge is 0.361 e. The van der Waals surface area contributed by atoms with Gasteiger partial charge >= 0.3 is 17.9 Å². The summed E-state index contributed by atoms with van der Waals surface area (Å²) in [5, 5.41) is 9.65. The number of quaternary nitrogens is 1. The molecule has 0 aromatic carbocycles. The van der Waals surface area contributed by atoms with Gasteiger partial charge < -0.3 is 28.5 Å². The van der Waals surface area contributed by atoms with E-state index in [2.05, 4.69) is 98.9 Å². The van der Waals surface area contributed by atoms with Crippen molar-refractivity contribution in [2.24, 2.45) is 0 Å². The van der Waals surface area contributed by atoms with Crippen LogP contribution in [0.5, 0.6) is 0 Å². The quantitative estimate of drug-likeness (QED) is 0.0211. The molecule has 0 aromatic heterocycles. The summed E-state index contributed by atoms with van der Waals surface area (Å²) in [6.07, 6.45) is 65.5. The maximum absolute atomic E-state index is 12.8. The minimum atomic E-state index is -1.51. The third-order valence-corrected chi connectivity index (χ3v) is 11.9. The molecule has 0 aliphatic carbocycles. The van der Waals surface area contributed by atoms with Crippen molar-refractivity contribution < 1.29 is 42.9 Å². The lowest BCUT2D eigenvalue weighted by Gasteiger charge is -2.25. The van der Waals surface area contributed by atoms with E-state index in [0.29, 0.717) is 17.4 Å². The number of carboxylic acids is 1. The molecule has 9 heteroatoms. The number of nitrogens with zero attached hydrogens (tertiary/aromatic N) is 1. The lowest BCUT2D eigenvalue weighted by molar-refractivity contribution is -0.870. The van der Waals surface area contributed by atoms with Crippen molar-refractivity contribution >= 4 is 17.9 Å². The predicted octanol–water partition coefficient (Wildman–Crippen LogP) is 16.4. The van der Waals surface area contributed by atoms with Crippen molar-refractivity contribution in [2.75, 3.05) is 47.5 Å². The molecule has 2 unspecified atom stereocenters. The number of ether oxygens (including phenoxy) is 4. The average molecular weight is 982 g/mol. The van der Waals surface area contributed by atoms with Crippen LogP contribution in [-0.2, 0) is 33.3 Å². The minimum Gasteiger partial charge on any atom is -0.477 e. The summed E-state index contributed by atoms with van der Waals surface area (Å²) in [4.78, 5) is 37.1. The first-order valence-electron chi connectivity index (χ1n) is 28.3. The van der Waals surface area contributed by atoms with Gasteiger partial charge in [-0.2, -0.15) is 0 Å². The van der Waals surface area contributed by atoms with E-state index in [1.807, 2.05) is 21.1 Å². The molecule has 0 spiro atoms. The number of hydrogen-bond donors (Lipinski definition) is 1. The molecule has 0 saturated carbocycles. The maximum Gasteiger partial charge on any atom is 0.361 e. The lowest BCUT2D eigenvalue weighted by atomic mass is 10.0. The van der Waals surface area contributed by atoms with Crippen molar-refractivity contribution in [3.8, 4) is 0 Å². The Morgan fingerprint density at radius 3 is 1.21 bits per heavy atom. The van der Waals surface area contributed by atoms with Crippen LogP contribution in [0.15, 0.2) is 85.1 Å². The number of esters is 2. The Kier molecular flexibility index (Phi) is 49.2. The predicted molar refractivity (Wildman–Crippen MR) is 295 cm³/mol. The van der Waals surface area contributed by atoms with E-state index < -0.39 is 24.3 Å². The monoisotopic (exact) mass is 981 g/mol. The first-order chi connectivity index (χ1) is 34.1. The number of hydrogen-bond acceptors (Lipinski definition) is 7. The van der Waals surface area contributed by atoms with Gasteiger partial charge in [-0.3, -0.25) is 9.59 Å². The van der Waals surface area contributed by atoms with Crippen LogP contribution < -0.4 is 0 Å². The number of rotatable bonds is 51. The Morgan fingerprint density at radius 2 is 0.814 bits per heavy atom. The number of carbonyl (C=O) groups excluding carboxylic acids is 2. The highest BCUT2D eigenvalue weighted by molar-refractivity contribution is 5.71. The molecule has 0 rings (SSSR count). The van der Waals surface area contributed by atoms with Crippen molar-refractivity contribution in [2.45, 2.75) is 238 Å². The summed E-state index contributed by atoms with van der Waals surface area (Å²) in [6.45, 7) is 4.72. The van der Waals surface area contributed by atoms with Crippen molar-refractivity contribution in [3.05, 3.63) is 85.1 Å². The number of likely N-dealkylation sites (N-methyl/N-ethyl adjacent to an activating group) is 1. The summed E-state index contributed by atoms with van der Waals surface area (Å²) in [5.74, 6) is -2.01. The molecule has 0 heterocycles. The highest BCUT2D eigenvalue weighted by Gasteiger charge is 2.25. The van der Waals surface area contributed by atoms with Gasteiger partial charge in [0.15, 0.2) is 6.10 Å². The van der Waals surface area contributed by atoms with E-state index in [4.69, 9.17) is 18.9 Å². The second kappa shape index (κ2) is 51.8. The van der Waals surface area contributed by atoms with E-state index in [9.17, 15) is 19.5 Å². The normalized spacial score (nSPS) is 13.4. The fourth-order valence-corrected chi connectivity index (χ4v) is 7.58. The summed E-state index contributed by atoms with van der Waals surface area (Å²) >= 11 is 0. The Labute approximate surface area is 430 Å². The van der Waals surface area contributed by atoms with Crippen LogP contribution in [0.2, 0.25) is 0 Å². The zero-order valence-corrected chi connectivity index (χ0v) is 45.7. The van der Waals surface area contributed by atoms with Gasteiger partial charge in [0.2, 0.25) is 0 Å². The number of aliphatic carboxylic acids is 1. The largest absolute Gasteiger partial charge is 0.477 e. The molecule has 9 nitrogen and oxygen atoms in total. The fraction of sp³-hybridized carbons (Fsp3) is 0.721. The molecular weight excluding hydrogens is 875 g/mol. The van der Waals surface area contributed by atoms with Crippen LogP contribution in [0, 0.1) is 0 Å². The van der Waals surface area contributed by atoms with Crippen LogP contribution >= 0.6 is 0 Å². The van der Waals surface area contributed by atoms with Gasteiger partial charge in [-0.05, 0) is 70.6 Å². The van der Waals surface area contributed by atoms with Crippen molar-refractivity contribution in [1.82, 2.24) is 0 Å². The van der Waals surface area contributed by atoms with Crippen molar-refractivity contribution in [1.29, 1.82) is 0 Å². The molecule has 0 aromatic rings. The molecule has 0 radical (unpaired) electrons. The van der Waals surface area contributed by atoms with Gasteiger partial charge in [-0.25, -0.2) is 4.79 Å². The number of allylic oxidation sites excluding steroid dienone is 14.